The van der Waals surface area contributed by atoms with Crippen LogP contribution >= 0.6 is 24.0 Å². The van der Waals surface area contributed by atoms with E-state index >= 15 is 0 Å². The van der Waals surface area contributed by atoms with E-state index in [1.54, 1.807) is 0 Å². The monoisotopic (exact) mass is 561 g/mol. The molecule has 184 valence electrons. The molecule has 0 saturated carbocycles. The number of hydrogen-bond acceptors (Lipinski definition) is 4. The average Bonchev–Trinajstić information content (AvgIpc) is 2.70. The molecule has 0 bridgehead atoms. The summed E-state index contributed by atoms with van der Waals surface area (Å²) in [6, 6.07) is 7.83. The molecule has 0 aliphatic carbocycles. The number of benzene rings is 1. The number of rotatable bonds is 12. The third-order valence-electron chi connectivity index (χ3n) is 4.70. The Morgan fingerprint density at radius 3 is 2.25 bits per heavy atom. The largest absolute Gasteiger partial charge is 0.444 e. The van der Waals surface area contributed by atoms with Crippen LogP contribution in [0.25, 0.3) is 0 Å². The molecule has 7 nitrogen and oxygen atoms in total. The second-order valence-electron chi connectivity index (χ2n) is 8.50. The van der Waals surface area contributed by atoms with Crippen molar-refractivity contribution in [3.63, 3.8) is 0 Å². The first-order valence-electron chi connectivity index (χ1n) is 11.6. The molecule has 0 aromatic heterocycles. The minimum Gasteiger partial charge on any atom is -0.444 e. The fourth-order valence-electron chi connectivity index (χ4n) is 3.02. The van der Waals surface area contributed by atoms with Gasteiger partial charge in [0.2, 0.25) is 0 Å². The molecule has 0 saturated heterocycles. The van der Waals surface area contributed by atoms with E-state index in [4.69, 9.17) is 4.74 Å². The summed E-state index contributed by atoms with van der Waals surface area (Å²) in [6.45, 7) is 17.9. The number of nitrogens with one attached hydrogen (secondary N) is 3. The number of hydrogen-bond donors (Lipinski definition) is 3. The lowest BCUT2D eigenvalue weighted by Gasteiger charge is -2.19. The zero-order chi connectivity index (χ0) is 23.1. The van der Waals surface area contributed by atoms with Crippen LogP contribution in [0.5, 0.6) is 0 Å². The van der Waals surface area contributed by atoms with Gasteiger partial charge in [0, 0.05) is 25.3 Å². The molecule has 1 aromatic carbocycles. The van der Waals surface area contributed by atoms with Gasteiger partial charge in [-0.15, -0.1) is 24.0 Å². The summed E-state index contributed by atoms with van der Waals surface area (Å²) < 4.78 is 5.27. The minimum absolute atomic E-state index is 0. The number of nitrogens with zero attached hydrogens (tertiary/aromatic N) is 2. The Kier molecular flexibility index (Phi) is 16.2. The number of halogens is 1. The van der Waals surface area contributed by atoms with Crippen LogP contribution in [0.15, 0.2) is 29.3 Å². The average molecular weight is 562 g/mol. The van der Waals surface area contributed by atoms with Crippen molar-refractivity contribution in [1.29, 1.82) is 0 Å². The highest BCUT2D eigenvalue weighted by Crippen LogP contribution is 2.13. The van der Waals surface area contributed by atoms with Crippen molar-refractivity contribution in [2.24, 2.45) is 4.99 Å². The highest BCUT2D eigenvalue weighted by Gasteiger charge is 2.16. The van der Waals surface area contributed by atoms with Crippen molar-refractivity contribution in [1.82, 2.24) is 15.5 Å². The third kappa shape index (κ3) is 14.5. The molecule has 0 spiro atoms. The van der Waals surface area contributed by atoms with Gasteiger partial charge in [0.1, 0.15) is 5.60 Å². The van der Waals surface area contributed by atoms with Crippen LogP contribution in [0.2, 0.25) is 0 Å². The fraction of sp³-hybridized carbons (Fsp3) is 0.667. The van der Waals surface area contributed by atoms with E-state index in [0.717, 1.165) is 63.8 Å². The number of guanidine groups is 1. The zero-order valence-corrected chi connectivity index (χ0v) is 23.1. The number of anilines is 1. The van der Waals surface area contributed by atoms with E-state index < -0.39 is 11.7 Å². The highest BCUT2D eigenvalue weighted by atomic mass is 127. The lowest BCUT2D eigenvalue weighted by atomic mass is 10.1. The van der Waals surface area contributed by atoms with Crippen LogP contribution in [0.4, 0.5) is 10.5 Å². The molecular weight excluding hydrogens is 517 g/mol. The number of ether oxygens (including phenoxy) is 1. The summed E-state index contributed by atoms with van der Waals surface area (Å²) in [7, 11) is 0. The van der Waals surface area contributed by atoms with Crippen LogP contribution in [0.1, 0.15) is 59.9 Å². The Labute approximate surface area is 212 Å². The normalized spacial score (nSPS) is 11.7. The maximum Gasteiger partial charge on any atom is 0.412 e. The summed E-state index contributed by atoms with van der Waals surface area (Å²) in [4.78, 5) is 19.0. The van der Waals surface area contributed by atoms with Gasteiger partial charge in [-0.2, -0.15) is 0 Å². The fourth-order valence-corrected chi connectivity index (χ4v) is 3.02. The molecule has 0 atom stereocenters. The highest BCUT2D eigenvalue weighted by molar-refractivity contribution is 14.0. The zero-order valence-electron chi connectivity index (χ0n) is 20.8. The SMILES string of the molecule is CCNC(=NCCCCN(CC)CC)NCCc1ccc(NC(=O)OC(C)(C)C)cc1.I. The maximum atomic E-state index is 11.8. The maximum absolute atomic E-state index is 11.8. The Bertz CT molecular complexity index is 655. The van der Waals surface area contributed by atoms with Crippen molar-refractivity contribution in [3.05, 3.63) is 29.8 Å². The first-order chi connectivity index (χ1) is 14.8. The Hall–Kier alpha value is -1.55. The molecule has 0 unspecified atom stereocenters. The molecule has 32 heavy (non-hydrogen) atoms. The Morgan fingerprint density at radius 1 is 1.03 bits per heavy atom. The molecule has 0 radical (unpaired) electrons. The predicted molar refractivity (Wildman–Crippen MR) is 146 cm³/mol. The molecule has 8 heteroatoms. The molecular formula is C24H44IN5O2. The first kappa shape index (κ1) is 30.4. The van der Waals surface area contributed by atoms with Gasteiger partial charge >= 0.3 is 6.09 Å². The van der Waals surface area contributed by atoms with Gasteiger partial charge in [0.05, 0.1) is 0 Å². The number of amides is 1. The lowest BCUT2D eigenvalue weighted by molar-refractivity contribution is 0.0636. The van der Waals surface area contributed by atoms with Gasteiger partial charge < -0.3 is 20.3 Å². The van der Waals surface area contributed by atoms with Crippen molar-refractivity contribution in [2.75, 3.05) is 44.6 Å². The van der Waals surface area contributed by atoms with Gasteiger partial charge in [-0.3, -0.25) is 10.3 Å². The van der Waals surface area contributed by atoms with Crippen molar-refractivity contribution < 1.29 is 9.53 Å². The standard InChI is InChI=1S/C24H43N5O2.HI/c1-7-25-22(26-17-10-11-19-29(8-2)9-3)27-18-16-20-12-14-21(15-13-20)28-23(30)31-24(4,5)6;/h12-15H,7-11,16-19H2,1-6H3,(H,28,30)(H2,25,26,27);1H. The summed E-state index contributed by atoms with van der Waals surface area (Å²) in [5, 5.41) is 9.47. The number of aliphatic imine (C=N–C) groups is 1. The second-order valence-corrected chi connectivity index (χ2v) is 8.50. The number of unbranched alkanes of at least 4 members (excludes halogenated alkanes) is 1. The van der Waals surface area contributed by atoms with Gasteiger partial charge in [-0.05, 0) is 84.3 Å². The smallest absolute Gasteiger partial charge is 0.412 e. The topological polar surface area (TPSA) is 78.0 Å². The lowest BCUT2D eigenvalue weighted by Crippen LogP contribution is -2.38. The van der Waals surface area contributed by atoms with Crippen molar-refractivity contribution >= 4 is 41.7 Å². The van der Waals surface area contributed by atoms with Gasteiger partial charge in [0.25, 0.3) is 0 Å². The van der Waals surface area contributed by atoms with Gasteiger partial charge in [-0.1, -0.05) is 26.0 Å². The summed E-state index contributed by atoms with van der Waals surface area (Å²) >= 11 is 0. The third-order valence-corrected chi connectivity index (χ3v) is 4.70. The molecule has 1 amide bonds. The molecule has 1 rings (SSSR count). The van der Waals surface area contributed by atoms with Crippen LogP contribution in [0.3, 0.4) is 0 Å². The molecule has 1 aromatic rings. The van der Waals surface area contributed by atoms with Crippen LogP contribution in [0, 0.1) is 0 Å². The van der Waals surface area contributed by atoms with Crippen LogP contribution in [-0.2, 0) is 11.2 Å². The molecule has 0 aliphatic rings. The predicted octanol–water partition coefficient (Wildman–Crippen LogP) is 4.87. The molecule has 0 heterocycles. The number of carbonyl (C=O) groups is 1. The van der Waals surface area contributed by atoms with Crippen LogP contribution < -0.4 is 16.0 Å². The van der Waals surface area contributed by atoms with E-state index in [1.807, 2.05) is 45.0 Å². The van der Waals surface area contributed by atoms with E-state index in [1.165, 1.54) is 12.0 Å². The Balaban J connectivity index is 0.00000961. The van der Waals surface area contributed by atoms with E-state index in [-0.39, 0.29) is 24.0 Å². The van der Waals surface area contributed by atoms with E-state index in [9.17, 15) is 4.79 Å². The second kappa shape index (κ2) is 17.0. The molecule has 0 fully saturated rings. The first-order valence-corrected chi connectivity index (χ1v) is 11.6. The summed E-state index contributed by atoms with van der Waals surface area (Å²) in [6.07, 6.45) is 2.71. The van der Waals surface area contributed by atoms with Crippen LogP contribution in [-0.4, -0.2) is 61.8 Å². The Morgan fingerprint density at radius 2 is 1.69 bits per heavy atom. The molecule has 0 aliphatic heterocycles. The van der Waals surface area contributed by atoms with Gasteiger partial charge in [-0.25, -0.2) is 4.79 Å². The summed E-state index contributed by atoms with van der Waals surface area (Å²) in [5.74, 6) is 0.869. The van der Waals surface area contributed by atoms with E-state index in [2.05, 4.69) is 46.6 Å². The minimum atomic E-state index is -0.507. The van der Waals surface area contributed by atoms with Gasteiger partial charge in [0.15, 0.2) is 5.96 Å². The van der Waals surface area contributed by atoms with E-state index in [0.29, 0.717) is 0 Å². The molecule has 3 N–H and O–H groups in total. The van der Waals surface area contributed by atoms with Crippen molar-refractivity contribution in [2.45, 2.75) is 66.4 Å². The van der Waals surface area contributed by atoms with Crippen molar-refractivity contribution in [3.8, 4) is 0 Å². The quantitative estimate of drug-likeness (QED) is 0.147. The number of carbonyl (C=O) groups excluding carboxylic acids is 1. The summed E-state index contributed by atoms with van der Waals surface area (Å²) in [5.41, 5.74) is 1.41.